The molecule has 0 amide bonds. The molecule has 1 aromatic carbocycles. The lowest BCUT2D eigenvalue weighted by Crippen LogP contribution is -2.32. The van der Waals surface area contributed by atoms with Crippen LogP contribution in [0.2, 0.25) is 0 Å². The first-order valence-electron chi connectivity index (χ1n) is 8.38. The van der Waals surface area contributed by atoms with Crippen molar-refractivity contribution in [2.45, 2.75) is 57.0 Å². The second kappa shape index (κ2) is 5.57. The van der Waals surface area contributed by atoms with Crippen molar-refractivity contribution in [2.24, 2.45) is 17.6 Å². The van der Waals surface area contributed by atoms with Crippen molar-refractivity contribution in [3.63, 3.8) is 0 Å². The molecular formula is C19H24F3N. The first-order valence-corrected chi connectivity index (χ1v) is 8.38. The number of benzene rings is 1. The Balaban J connectivity index is 1.80. The predicted octanol–water partition coefficient (Wildman–Crippen LogP) is 5.19. The van der Waals surface area contributed by atoms with E-state index in [1.165, 1.54) is 12.1 Å². The Bertz CT molecular complexity index is 610. The Morgan fingerprint density at radius 3 is 2.48 bits per heavy atom. The molecule has 1 spiro atoms. The molecule has 1 aromatic rings. The van der Waals surface area contributed by atoms with Crippen LogP contribution in [0, 0.1) is 11.8 Å². The highest BCUT2D eigenvalue weighted by molar-refractivity contribution is 5.43. The molecule has 1 fully saturated rings. The zero-order chi connectivity index (χ0) is 16.8. The molecule has 1 atom stereocenters. The number of nitrogens with two attached hydrogens (primary N) is 1. The van der Waals surface area contributed by atoms with E-state index in [1.807, 2.05) is 0 Å². The number of aryl methyl sites for hydroxylation is 1. The summed E-state index contributed by atoms with van der Waals surface area (Å²) in [4.78, 5) is 0. The summed E-state index contributed by atoms with van der Waals surface area (Å²) in [6, 6.07) is 4.35. The Morgan fingerprint density at radius 1 is 1.26 bits per heavy atom. The third kappa shape index (κ3) is 2.88. The Morgan fingerprint density at radius 2 is 1.91 bits per heavy atom. The van der Waals surface area contributed by atoms with Gasteiger partial charge in [0.05, 0.1) is 5.56 Å². The minimum atomic E-state index is -4.25. The van der Waals surface area contributed by atoms with E-state index in [1.54, 1.807) is 6.07 Å². The molecule has 0 radical (unpaired) electrons. The summed E-state index contributed by atoms with van der Waals surface area (Å²) in [7, 11) is 0. The summed E-state index contributed by atoms with van der Waals surface area (Å²) in [5.74, 6) is 0.873. The van der Waals surface area contributed by atoms with Crippen LogP contribution in [-0.4, -0.2) is 0 Å². The lowest BCUT2D eigenvalue weighted by Gasteiger charge is -2.40. The van der Waals surface area contributed by atoms with E-state index >= 15 is 0 Å². The quantitative estimate of drug-likeness (QED) is 0.796. The molecule has 0 aliphatic heterocycles. The molecule has 126 valence electrons. The third-order valence-electron chi connectivity index (χ3n) is 6.16. The van der Waals surface area contributed by atoms with Crippen LogP contribution in [0.4, 0.5) is 13.2 Å². The summed E-state index contributed by atoms with van der Waals surface area (Å²) < 4.78 is 38.7. The van der Waals surface area contributed by atoms with Gasteiger partial charge in [0, 0.05) is 5.70 Å². The minimum absolute atomic E-state index is 0.0889. The maximum absolute atomic E-state index is 12.9. The van der Waals surface area contributed by atoms with Gasteiger partial charge < -0.3 is 5.73 Å². The number of hydrogen-bond donors (Lipinski definition) is 1. The second-order valence-electron chi connectivity index (χ2n) is 7.35. The van der Waals surface area contributed by atoms with Crippen molar-refractivity contribution in [1.29, 1.82) is 0 Å². The number of hydrogen-bond acceptors (Lipinski definition) is 1. The molecule has 0 saturated heterocycles. The fourth-order valence-electron chi connectivity index (χ4n) is 4.52. The molecule has 4 heteroatoms. The fourth-order valence-corrected chi connectivity index (χ4v) is 4.52. The molecule has 0 heterocycles. The molecule has 2 N–H and O–H groups in total. The van der Waals surface area contributed by atoms with E-state index in [9.17, 15) is 13.2 Å². The number of rotatable bonds is 2. The van der Waals surface area contributed by atoms with E-state index in [0.717, 1.165) is 55.3 Å². The van der Waals surface area contributed by atoms with Gasteiger partial charge in [-0.15, -0.1) is 0 Å². The highest BCUT2D eigenvalue weighted by Gasteiger charge is 2.43. The van der Waals surface area contributed by atoms with Gasteiger partial charge in [-0.05, 0) is 79.0 Å². The maximum Gasteiger partial charge on any atom is 0.416 e. The first-order chi connectivity index (χ1) is 10.7. The van der Waals surface area contributed by atoms with Gasteiger partial charge in [-0.25, -0.2) is 0 Å². The lowest BCUT2D eigenvalue weighted by atomic mass is 9.65. The Labute approximate surface area is 135 Å². The summed E-state index contributed by atoms with van der Waals surface area (Å²) in [6.45, 7) is 5.99. The average molecular weight is 323 g/mol. The van der Waals surface area contributed by atoms with Gasteiger partial charge in [-0.3, -0.25) is 0 Å². The topological polar surface area (TPSA) is 26.0 Å². The largest absolute Gasteiger partial charge is 0.416 e. The maximum atomic E-state index is 12.9. The van der Waals surface area contributed by atoms with Crippen LogP contribution in [0.5, 0.6) is 0 Å². The van der Waals surface area contributed by atoms with Gasteiger partial charge in [0.25, 0.3) is 0 Å². The number of fused-ring (bicyclic) bond motifs is 2. The van der Waals surface area contributed by atoms with Crippen molar-refractivity contribution in [3.8, 4) is 0 Å². The Kier molecular flexibility index (Phi) is 3.97. The zero-order valence-electron chi connectivity index (χ0n) is 13.5. The number of halogens is 3. The van der Waals surface area contributed by atoms with Crippen LogP contribution >= 0.6 is 0 Å². The van der Waals surface area contributed by atoms with Gasteiger partial charge in [0.15, 0.2) is 0 Å². The van der Waals surface area contributed by atoms with E-state index in [2.05, 4.69) is 13.5 Å². The van der Waals surface area contributed by atoms with E-state index in [-0.39, 0.29) is 5.41 Å². The molecule has 1 saturated carbocycles. The molecule has 2 aliphatic rings. The average Bonchev–Trinajstić information content (AvgIpc) is 2.85. The summed E-state index contributed by atoms with van der Waals surface area (Å²) >= 11 is 0. The number of allylic oxidation sites excluding steroid dienone is 1. The van der Waals surface area contributed by atoms with Crippen molar-refractivity contribution in [1.82, 2.24) is 0 Å². The summed E-state index contributed by atoms with van der Waals surface area (Å²) in [5, 5.41) is 0. The summed E-state index contributed by atoms with van der Waals surface area (Å²) in [5.41, 5.74) is 8.21. The van der Waals surface area contributed by atoms with E-state index in [0.29, 0.717) is 11.8 Å². The SMILES string of the molecule is C=C(N)C(C)C1CCC2(CCc3cc(C(F)(F)F)ccc32)CC1. The molecule has 2 aliphatic carbocycles. The van der Waals surface area contributed by atoms with Gasteiger partial charge in [0.1, 0.15) is 0 Å². The Hall–Kier alpha value is -1.45. The van der Waals surface area contributed by atoms with Crippen LogP contribution in [0.15, 0.2) is 30.5 Å². The van der Waals surface area contributed by atoms with Gasteiger partial charge in [0.2, 0.25) is 0 Å². The zero-order valence-corrected chi connectivity index (χ0v) is 13.5. The monoisotopic (exact) mass is 323 g/mol. The molecule has 3 rings (SSSR count). The van der Waals surface area contributed by atoms with Gasteiger partial charge in [-0.2, -0.15) is 13.2 Å². The molecule has 1 nitrogen and oxygen atoms in total. The molecule has 0 bridgehead atoms. The fraction of sp³-hybridized carbons (Fsp3) is 0.579. The normalized spacial score (nSPS) is 28.6. The van der Waals surface area contributed by atoms with E-state index in [4.69, 9.17) is 5.73 Å². The standard InChI is InChI=1S/C19H24F3N/c1-12(13(2)23)14-5-8-18(9-6-14)10-7-15-11-16(19(20,21)22)3-4-17(15)18/h3-4,11-12,14H,2,5-10,23H2,1H3. The molecular weight excluding hydrogens is 299 g/mol. The third-order valence-corrected chi connectivity index (χ3v) is 6.16. The molecule has 1 unspecified atom stereocenters. The van der Waals surface area contributed by atoms with Crippen molar-refractivity contribution in [3.05, 3.63) is 47.2 Å². The summed E-state index contributed by atoms with van der Waals surface area (Å²) in [6.07, 6.45) is 1.76. The highest BCUT2D eigenvalue weighted by atomic mass is 19.4. The van der Waals surface area contributed by atoms with Crippen molar-refractivity contribution < 1.29 is 13.2 Å². The van der Waals surface area contributed by atoms with E-state index < -0.39 is 11.7 Å². The smallest absolute Gasteiger partial charge is 0.402 e. The minimum Gasteiger partial charge on any atom is -0.402 e. The van der Waals surface area contributed by atoms with Crippen molar-refractivity contribution in [2.75, 3.05) is 0 Å². The van der Waals surface area contributed by atoms with Crippen molar-refractivity contribution >= 4 is 0 Å². The number of alkyl halides is 3. The van der Waals surface area contributed by atoms with Crippen LogP contribution in [-0.2, 0) is 18.0 Å². The van der Waals surface area contributed by atoms with Gasteiger partial charge >= 0.3 is 6.18 Å². The van der Waals surface area contributed by atoms with Crippen LogP contribution < -0.4 is 5.73 Å². The van der Waals surface area contributed by atoms with Crippen LogP contribution in [0.3, 0.4) is 0 Å². The first kappa shape index (κ1) is 16.4. The van der Waals surface area contributed by atoms with Gasteiger partial charge in [-0.1, -0.05) is 19.6 Å². The molecule has 0 aromatic heterocycles. The predicted molar refractivity (Wildman–Crippen MR) is 85.9 cm³/mol. The second-order valence-corrected chi connectivity index (χ2v) is 7.35. The highest BCUT2D eigenvalue weighted by Crippen LogP contribution is 2.52. The lowest BCUT2D eigenvalue weighted by molar-refractivity contribution is -0.137. The van der Waals surface area contributed by atoms with Crippen LogP contribution in [0.25, 0.3) is 0 Å². The van der Waals surface area contributed by atoms with Crippen LogP contribution in [0.1, 0.15) is 55.7 Å². The molecule has 23 heavy (non-hydrogen) atoms.